The maximum atomic E-state index is 13.0. The first kappa shape index (κ1) is 21.2. The summed E-state index contributed by atoms with van der Waals surface area (Å²) >= 11 is 0. The lowest BCUT2D eigenvalue weighted by atomic mass is 10.0. The molecule has 1 saturated heterocycles. The number of fused-ring (bicyclic) bond motifs is 1. The van der Waals surface area contributed by atoms with E-state index in [9.17, 15) is 13.6 Å². The smallest absolute Gasteiger partial charge is 0.410 e. The predicted molar refractivity (Wildman–Crippen MR) is 114 cm³/mol. The van der Waals surface area contributed by atoms with Crippen LogP contribution in [0.5, 0.6) is 0 Å². The van der Waals surface area contributed by atoms with E-state index in [0.29, 0.717) is 25.9 Å². The molecule has 1 aromatic carbocycles. The van der Waals surface area contributed by atoms with Gasteiger partial charge in [0.2, 0.25) is 0 Å². The van der Waals surface area contributed by atoms with Crippen LogP contribution in [-0.4, -0.2) is 50.9 Å². The van der Waals surface area contributed by atoms with Crippen molar-refractivity contribution in [3.63, 3.8) is 0 Å². The Morgan fingerprint density at radius 3 is 2.65 bits per heavy atom. The molecular formula is C23H26F2N4O2. The van der Waals surface area contributed by atoms with Crippen molar-refractivity contribution in [2.24, 2.45) is 0 Å². The molecule has 0 aliphatic carbocycles. The number of alkyl halides is 2. The third kappa shape index (κ3) is 4.24. The van der Waals surface area contributed by atoms with Crippen LogP contribution >= 0.6 is 0 Å². The number of carbonyl (C=O) groups is 1. The Balaban J connectivity index is 1.46. The van der Waals surface area contributed by atoms with Gasteiger partial charge in [-0.2, -0.15) is 5.10 Å². The summed E-state index contributed by atoms with van der Waals surface area (Å²) in [6.07, 6.45) is 1.59. The molecule has 1 fully saturated rings. The van der Waals surface area contributed by atoms with Crippen molar-refractivity contribution in [3.05, 3.63) is 48.4 Å². The summed E-state index contributed by atoms with van der Waals surface area (Å²) in [4.78, 5) is 18.1. The van der Waals surface area contributed by atoms with E-state index in [1.807, 2.05) is 23.9 Å². The van der Waals surface area contributed by atoms with E-state index in [1.165, 1.54) is 18.7 Å². The molecule has 2 aromatic heterocycles. The molecule has 0 saturated carbocycles. The van der Waals surface area contributed by atoms with Crippen molar-refractivity contribution in [3.8, 4) is 11.1 Å². The van der Waals surface area contributed by atoms with Crippen molar-refractivity contribution in [1.29, 1.82) is 0 Å². The monoisotopic (exact) mass is 428 g/mol. The molecule has 3 heterocycles. The fourth-order valence-corrected chi connectivity index (χ4v) is 3.93. The number of ether oxygens (including phenoxy) is 1. The fourth-order valence-electron chi connectivity index (χ4n) is 3.93. The van der Waals surface area contributed by atoms with Crippen molar-refractivity contribution in [2.45, 2.75) is 51.7 Å². The molecule has 1 aliphatic rings. The van der Waals surface area contributed by atoms with Gasteiger partial charge in [0.05, 0.1) is 17.8 Å². The van der Waals surface area contributed by atoms with Crippen LogP contribution in [0.1, 0.15) is 38.4 Å². The number of pyridine rings is 1. The van der Waals surface area contributed by atoms with Crippen LogP contribution in [0.2, 0.25) is 0 Å². The summed E-state index contributed by atoms with van der Waals surface area (Å²) in [5.74, 6) is 0. The van der Waals surface area contributed by atoms with Gasteiger partial charge in [0.25, 0.3) is 6.43 Å². The highest BCUT2D eigenvalue weighted by molar-refractivity contribution is 5.85. The lowest BCUT2D eigenvalue weighted by Crippen LogP contribution is -2.45. The number of halogens is 2. The van der Waals surface area contributed by atoms with Gasteiger partial charge < -0.3 is 9.64 Å². The van der Waals surface area contributed by atoms with E-state index >= 15 is 0 Å². The first-order valence-corrected chi connectivity index (χ1v) is 10.4. The average Bonchev–Trinajstić information content (AvgIpc) is 3.17. The Morgan fingerprint density at radius 2 is 1.97 bits per heavy atom. The first-order chi connectivity index (χ1) is 14.8. The molecule has 4 rings (SSSR count). The summed E-state index contributed by atoms with van der Waals surface area (Å²) in [7, 11) is 0. The van der Waals surface area contributed by atoms with Crippen LogP contribution in [0.15, 0.2) is 42.7 Å². The molecule has 164 valence electrons. The molecule has 1 aliphatic heterocycles. The molecule has 0 bridgehead atoms. The number of nitrogens with zero attached hydrogens (tertiary/aromatic N) is 4. The molecule has 0 N–H and O–H groups in total. The number of aromatic nitrogens is 3. The number of amides is 1. The molecule has 0 atom stereocenters. The Labute approximate surface area is 179 Å². The molecule has 31 heavy (non-hydrogen) atoms. The van der Waals surface area contributed by atoms with Gasteiger partial charge in [0.15, 0.2) is 5.60 Å². The highest BCUT2D eigenvalue weighted by atomic mass is 19.3. The van der Waals surface area contributed by atoms with Crippen molar-refractivity contribution in [2.75, 3.05) is 13.1 Å². The van der Waals surface area contributed by atoms with Gasteiger partial charge in [0.1, 0.15) is 0 Å². The SMILES string of the molecule is Cc1ncccc1-c1ccc2c(cnn2C2CCN(C(=O)OC(C)(C)C(F)F)CC2)c1. The molecule has 0 unspecified atom stereocenters. The summed E-state index contributed by atoms with van der Waals surface area (Å²) in [5, 5.41) is 5.64. The van der Waals surface area contributed by atoms with Gasteiger partial charge >= 0.3 is 6.09 Å². The van der Waals surface area contributed by atoms with Crippen LogP contribution in [0.25, 0.3) is 22.0 Å². The number of benzene rings is 1. The van der Waals surface area contributed by atoms with Crippen molar-refractivity contribution < 1.29 is 18.3 Å². The number of hydrogen-bond acceptors (Lipinski definition) is 4. The van der Waals surface area contributed by atoms with Crippen LogP contribution in [-0.2, 0) is 4.74 Å². The molecule has 0 radical (unpaired) electrons. The lowest BCUT2D eigenvalue weighted by Gasteiger charge is -2.34. The van der Waals surface area contributed by atoms with E-state index in [2.05, 4.69) is 34.3 Å². The number of carbonyl (C=O) groups excluding carboxylic acids is 1. The van der Waals surface area contributed by atoms with Crippen LogP contribution in [0.3, 0.4) is 0 Å². The van der Waals surface area contributed by atoms with E-state index in [1.54, 1.807) is 6.20 Å². The summed E-state index contributed by atoms with van der Waals surface area (Å²) < 4.78 is 33.0. The molecule has 0 spiro atoms. The Hall–Kier alpha value is -3.03. The predicted octanol–water partition coefficient (Wildman–Crippen LogP) is 5.22. The number of aryl methyl sites for hydroxylation is 1. The zero-order valence-corrected chi connectivity index (χ0v) is 17.9. The first-order valence-electron chi connectivity index (χ1n) is 10.4. The second-order valence-corrected chi connectivity index (χ2v) is 8.49. The highest BCUT2D eigenvalue weighted by Gasteiger charge is 2.36. The van der Waals surface area contributed by atoms with Gasteiger partial charge in [0, 0.05) is 35.9 Å². The largest absolute Gasteiger partial charge is 0.437 e. The zero-order chi connectivity index (χ0) is 22.2. The molecular weight excluding hydrogens is 402 g/mol. The van der Waals surface area contributed by atoms with Gasteiger partial charge in [-0.15, -0.1) is 0 Å². The third-order valence-corrected chi connectivity index (χ3v) is 5.86. The standard InChI is InChI=1S/C23H26F2N4O2/c1-15-19(5-4-10-26-15)16-6-7-20-17(13-16)14-27-29(20)18-8-11-28(12-9-18)22(30)31-23(2,3)21(24)25/h4-7,10,13-14,18,21H,8-9,11-12H2,1-3H3. The van der Waals surface area contributed by atoms with Gasteiger partial charge in [-0.05, 0) is 57.4 Å². The Bertz CT molecular complexity index is 1090. The normalized spacial score (nSPS) is 15.6. The zero-order valence-electron chi connectivity index (χ0n) is 17.9. The average molecular weight is 428 g/mol. The van der Waals surface area contributed by atoms with Crippen molar-refractivity contribution >= 4 is 17.0 Å². The minimum atomic E-state index is -2.73. The molecule has 8 heteroatoms. The van der Waals surface area contributed by atoms with E-state index < -0.39 is 18.1 Å². The van der Waals surface area contributed by atoms with Gasteiger partial charge in [-0.3, -0.25) is 9.67 Å². The number of hydrogen-bond donors (Lipinski definition) is 0. The summed E-state index contributed by atoms with van der Waals surface area (Å²) in [6.45, 7) is 5.32. The number of piperidine rings is 1. The number of likely N-dealkylation sites (tertiary alicyclic amines) is 1. The van der Waals surface area contributed by atoms with E-state index in [-0.39, 0.29) is 6.04 Å². The Morgan fingerprint density at radius 1 is 1.23 bits per heavy atom. The molecule has 3 aromatic rings. The summed E-state index contributed by atoms with van der Waals surface area (Å²) in [5.41, 5.74) is 2.40. The molecule has 6 nitrogen and oxygen atoms in total. The second kappa shape index (κ2) is 8.24. The van der Waals surface area contributed by atoms with E-state index in [4.69, 9.17) is 4.74 Å². The second-order valence-electron chi connectivity index (χ2n) is 8.49. The van der Waals surface area contributed by atoms with Crippen LogP contribution < -0.4 is 0 Å². The maximum Gasteiger partial charge on any atom is 0.410 e. The fraction of sp³-hybridized carbons (Fsp3) is 0.435. The highest BCUT2D eigenvalue weighted by Crippen LogP contribution is 2.30. The lowest BCUT2D eigenvalue weighted by molar-refractivity contribution is -0.0877. The van der Waals surface area contributed by atoms with Crippen molar-refractivity contribution in [1.82, 2.24) is 19.7 Å². The Kier molecular flexibility index (Phi) is 5.64. The van der Waals surface area contributed by atoms with Crippen LogP contribution in [0, 0.1) is 6.92 Å². The third-order valence-electron chi connectivity index (χ3n) is 5.86. The van der Waals surface area contributed by atoms with Gasteiger partial charge in [-0.1, -0.05) is 12.1 Å². The maximum absolute atomic E-state index is 13.0. The van der Waals surface area contributed by atoms with E-state index in [0.717, 1.165) is 27.7 Å². The minimum absolute atomic E-state index is 0.135. The molecule has 1 amide bonds. The quantitative estimate of drug-likeness (QED) is 0.571. The summed E-state index contributed by atoms with van der Waals surface area (Å²) in [6, 6.07) is 10.4. The minimum Gasteiger partial charge on any atom is -0.437 e. The van der Waals surface area contributed by atoms with Gasteiger partial charge in [-0.25, -0.2) is 13.6 Å². The van der Waals surface area contributed by atoms with Crippen LogP contribution in [0.4, 0.5) is 13.6 Å². The number of rotatable bonds is 4. The topological polar surface area (TPSA) is 60.2 Å².